The smallest absolute Gasteiger partial charge is 0.325 e. The van der Waals surface area contributed by atoms with E-state index in [0.29, 0.717) is 42.9 Å². The van der Waals surface area contributed by atoms with Crippen molar-refractivity contribution in [2.45, 2.75) is 26.3 Å². The lowest BCUT2D eigenvalue weighted by molar-refractivity contribution is -0.118. The maximum Gasteiger partial charge on any atom is 0.332 e. The van der Waals surface area contributed by atoms with Gasteiger partial charge in [0.15, 0.2) is 11.2 Å². The zero-order valence-corrected chi connectivity index (χ0v) is 17.5. The molecule has 0 fully saturated rings. The van der Waals surface area contributed by atoms with Crippen molar-refractivity contribution >= 4 is 38.8 Å². The van der Waals surface area contributed by atoms with Crippen molar-refractivity contribution in [1.29, 1.82) is 0 Å². The van der Waals surface area contributed by atoms with Crippen LogP contribution in [0.5, 0.6) is 0 Å². The van der Waals surface area contributed by atoms with Gasteiger partial charge in [0.25, 0.3) is 5.56 Å². The van der Waals surface area contributed by atoms with E-state index in [1.165, 1.54) is 17.9 Å². The van der Waals surface area contributed by atoms with E-state index in [4.69, 9.17) is 0 Å². The molecule has 0 saturated carbocycles. The van der Waals surface area contributed by atoms with Crippen LogP contribution in [0.3, 0.4) is 0 Å². The number of aryl methyl sites for hydroxylation is 2. The van der Waals surface area contributed by atoms with Crippen LogP contribution in [0.15, 0.2) is 38.7 Å². The number of hydrogen-bond acceptors (Lipinski definition) is 5. The van der Waals surface area contributed by atoms with Crippen LogP contribution in [0.4, 0.5) is 5.82 Å². The average Bonchev–Trinajstić information content (AvgIpc) is 3.11. The fourth-order valence-electron chi connectivity index (χ4n) is 3.10. The highest BCUT2D eigenvalue weighted by Gasteiger charge is 2.17. The van der Waals surface area contributed by atoms with E-state index in [-0.39, 0.29) is 5.91 Å². The van der Waals surface area contributed by atoms with Crippen molar-refractivity contribution < 1.29 is 4.79 Å². The van der Waals surface area contributed by atoms with Crippen molar-refractivity contribution in [3.05, 3.63) is 50.0 Å². The summed E-state index contributed by atoms with van der Waals surface area (Å²) >= 11 is 3.33. The van der Waals surface area contributed by atoms with Crippen LogP contribution in [-0.2, 0) is 25.4 Å². The van der Waals surface area contributed by atoms with Gasteiger partial charge < -0.3 is 4.57 Å². The lowest BCUT2D eigenvalue weighted by Gasteiger charge is -2.20. The second kappa shape index (κ2) is 8.09. The molecule has 0 atom stereocenters. The predicted molar refractivity (Wildman–Crippen MR) is 109 cm³/mol. The third kappa shape index (κ3) is 3.64. The van der Waals surface area contributed by atoms with Gasteiger partial charge in [-0.25, -0.2) is 14.8 Å². The highest BCUT2D eigenvalue weighted by atomic mass is 79.9. The van der Waals surface area contributed by atoms with Gasteiger partial charge in [0.05, 0.1) is 6.33 Å². The Morgan fingerprint density at radius 3 is 2.57 bits per heavy atom. The van der Waals surface area contributed by atoms with Gasteiger partial charge >= 0.3 is 5.69 Å². The molecule has 0 saturated heterocycles. The minimum Gasteiger partial charge on any atom is -0.325 e. The molecule has 3 rings (SSSR count). The number of rotatable bonds is 6. The molecule has 3 aromatic rings. The monoisotopic (exact) mass is 448 g/mol. The van der Waals surface area contributed by atoms with Gasteiger partial charge in [-0.3, -0.25) is 23.6 Å². The summed E-state index contributed by atoms with van der Waals surface area (Å²) in [6.45, 7) is 2.86. The molecule has 148 valence electrons. The van der Waals surface area contributed by atoms with E-state index >= 15 is 0 Å². The molecule has 0 aliphatic heterocycles. The molecule has 3 aromatic heterocycles. The van der Waals surface area contributed by atoms with Crippen molar-refractivity contribution in [3.63, 3.8) is 0 Å². The van der Waals surface area contributed by atoms with E-state index in [0.717, 1.165) is 9.04 Å². The number of aromatic nitrogens is 5. The number of hydrogen-bond donors (Lipinski definition) is 0. The van der Waals surface area contributed by atoms with E-state index in [1.807, 2.05) is 13.0 Å². The number of anilines is 1. The molecule has 3 heterocycles. The summed E-state index contributed by atoms with van der Waals surface area (Å²) in [5, 5.41) is 0. The Bertz CT molecular complexity index is 1130. The Morgan fingerprint density at radius 2 is 1.93 bits per heavy atom. The van der Waals surface area contributed by atoms with E-state index in [1.54, 1.807) is 28.8 Å². The van der Waals surface area contributed by atoms with Crippen LogP contribution in [0, 0.1) is 0 Å². The van der Waals surface area contributed by atoms with Gasteiger partial charge in [0, 0.05) is 44.3 Å². The summed E-state index contributed by atoms with van der Waals surface area (Å²) in [5.41, 5.74) is -0.109. The topological polar surface area (TPSA) is 95.0 Å². The standard InChI is InChI=1S/C18H21BrN6O3/c1-4-25(13-8-7-12(19)10-20-13)14(26)6-5-9-24-11-21-16-15(24)17(27)23(3)18(28)22(16)2/h7-8,10-11H,4-6,9H2,1-3H3. The van der Waals surface area contributed by atoms with E-state index in [2.05, 4.69) is 25.9 Å². The predicted octanol–water partition coefficient (Wildman–Crippen LogP) is 1.42. The first-order valence-electron chi connectivity index (χ1n) is 8.88. The molecule has 0 spiro atoms. The zero-order valence-electron chi connectivity index (χ0n) is 15.9. The summed E-state index contributed by atoms with van der Waals surface area (Å²) in [5.74, 6) is 0.565. The molecule has 0 bridgehead atoms. The molecule has 1 amide bonds. The molecule has 0 aromatic carbocycles. The third-order valence-corrected chi connectivity index (χ3v) is 5.08. The van der Waals surface area contributed by atoms with Crippen LogP contribution < -0.4 is 16.1 Å². The minimum atomic E-state index is -0.418. The Morgan fingerprint density at radius 1 is 1.18 bits per heavy atom. The molecule has 0 N–H and O–H groups in total. The van der Waals surface area contributed by atoms with Gasteiger partial charge in [-0.1, -0.05) is 0 Å². The van der Waals surface area contributed by atoms with Crippen LogP contribution in [0.25, 0.3) is 11.2 Å². The molecule has 28 heavy (non-hydrogen) atoms. The first-order chi connectivity index (χ1) is 13.3. The van der Waals surface area contributed by atoms with Gasteiger partial charge in [-0.2, -0.15) is 0 Å². The quantitative estimate of drug-likeness (QED) is 0.568. The third-order valence-electron chi connectivity index (χ3n) is 4.61. The number of halogens is 1. The van der Waals surface area contributed by atoms with Crippen LogP contribution >= 0.6 is 15.9 Å². The SMILES string of the molecule is CCN(C(=O)CCCn1cnc2c1c(=O)n(C)c(=O)n2C)c1ccc(Br)cn1. The number of carbonyl (C=O) groups is 1. The van der Waals surface area contributed by atoms with Gasteiger partial charge in [0.1, 0.15) is 5.82 Å². The second-order valence-corrected chi connectivity index (χ2v) is 7.31. The Balaban J connectivity index is 1.74. The number of fused-ring (bicyclic) bond motifs is 1. The molecular formula is C18H21BrN6O3. The molecule has 0 unspecified atom stereocenters. The van der Waals surface area contributed by atoms with Crippen molar-refractivity contribution in [2.75, 3.05) is 11.4 Å². The highest BCUT2D eigenvalue weighted by molar-refractivity contribution is 9.10. The average molecular weight is 449 g/mol. The van der Waals surface area contributed by atoms with Gasteiger partial charge in [-0.15, -0.1) is 0 Å². The summed E-state index contributed by atoms with van der Waals surface area (Å²) in [6.07, 6.45) is 4.02. The molecule has 9 nitrogen and oxygen atoms in total. The lowest BCUT2D eigenvalue weighted by atomic mass is 10.2. The first-order valence-corrected chi connectivity index (χ1v) is 9.67. The van der Waals surface area contributed by atoms with Crippen molar-refractivity contribution in [3.8, 4) is 0 Å². The van der Waals surface area contributed by atoms with Crippen LogP contribution in [0.2, 0.25) is 0 Å². The van der Waals surface area contributed by atoms with E-state index in [9.17, 15) is 14.4 Å². The largest absolute Gasteiger partial charge is 0.332 e. The maximum atomic E-state index is 12.6. The summed E-state index contributed by atoms with van der Waals surface area (Å²) in [4.78, 5) is 47.1. The second-order valence-electron chi connectivity index (χ2n) is 6.39. The number of pyridine rings is 1. The fraction of sp³-hybridized carbons (Fsp3) is 0.389. The zero-order chi connectivity index (χ0) is 20.4. The number of amides is 1. The summed E-state index contributed by atoms with van der Waals surface area (Å²) in [6, 6.07) is 3.63. The Kier molecular flexibility index (Phi) is 5.78. The highest BCUT2D eigenvalue weighted by Crippen LogP contribution is 2.16. The van der Waals surface area contributed by atoms with Gasteiger partial charge in [-0.05, 0) is 41.4 Å². The number of imidazole rings is 1. The molecule has 0 radical (unpaired) electrons. The van der Waals surface area contributed by atoms with Crippen LogP contribution in [0.1, 0.15) is 19.8 Å². The summed E-state index contributed by atoms with van der Waals surface area (Å²) < 4.78 is 4.95. The molecule has 0 aliphatic rings. The summed E-state index contributed by atoms with van der Waals surface area (Å²) in [7, 11) is 3.02. The van der Waals surface area contributed by atoms with Crippen LogP contribution in [-0.4, -0.2) is 36.1 Å². The number of carbonyl (C=O) groups excluding carboxylic acids is 1. The van der Waals surface area contributed by atoms with Crippen molar-refractivity contribution in [1.82, 2.24) is 23.7 Å². The Labute approximate surface area is 169 Å². The first kappa shape index (κ1) is 20.0. The molecule has 10 heteroatoms. The normalized spacial score (nSPS) is 11.1. The number of nitrogens with zero attached hydrogens (tertiary/aromatic N) is 6. The van der Waals surface area contributed by atoms with E-state index < -0.39 is 11.2 Å². The Hall–Kier alpha value is -2.75. The maximum absolute atomic E-state index is 12.6. The molecular weight excluding hydrogens is 428 g/mol. The minimum absolute atomic E-state index is 0.0398. The van der Waals surface area contributed by atoms with Gasteiger partial charge in [0.2, 0.25) is 5.91 Å². The van der Waals surface area contributed by atoms with Crippen molar-refractivity contribution in [2.24, 2.45) is 14.1 Å². The molecule has 0 aliphatic carbocycles. The lowest BCUT2D eigenvalue weighted by Crippen LogP contribution is -2.37. The fourth-order valence-corrected chi connectivity index (χ4v) is 3.33.